The van der Waals surface area contributed by atoms with Gasteiger partial charge in [0.1, 0.15) is 5.69 Å². The number of amides is 1. The minimum atomic E-state index is -0.312. The Kier molecular flexibility index (Phi) is 2.94. The maximum Gasteiger partial charge on any atom is 0.268 e. The lowest BCUT2D eigenvalue weighted by Gasteiger charge is -2.28. The van der Waals surface area contributed by atoms with Gasteiger partial charge in [-0.2, -0.15) is 0 Å². The zero-order valence-corrected chi connectivity index (χ0v) is 11.7. The van der Waals surface area contributed by atoms with Crippen LogP contribution in [0.5, 0.6) is 0 Å². The average Bonchev–Trinajstić information content (AvgIpc) is 2.94. The van der Waals surface area contributed by atoms with Gasteiger partial charge in [0.15, 0.2) is 0 Å². The molecule has 1 aliphatic heterocycles. The molecule has 2 heterocycles. The summed E-state index contributed by atoms with van der Waals surface area (Å²) in [6.07, 6.45) is 0.846. The second-order valence-corrected chi connectivity index (χ2v) is 5.66. The van der Waals surface area contributed by atoms with Crippen LogP contribution >= 0.6 is 0 Å². The molecule has 5 nitrogen and oxygen atoms in total. The third-order valence-electron chi connectivity index (χ3n) is 4.18. The summed E-state index contributed by atoms with van der Waals surface area (Å²) in [5.74, 6) is -0.111. The second kappa shape index (κ2) is 4.52. The number of hydrogen-bond acceptors (Lipinski definition) is 3. The highest BCUT2D eigenvalue weighted by Crippen LogP contribution is 2.26. The number of rotatable bonds is 2. The van der Waals surface area contributed by atoms with Crippen LogP contribution < -0.4 is 11.1 Å². The van der Waals surface area contributed by atoms with E-state index in [0.29, 0.717) is 18.0 Å². The zero-order valence-electron chi connectivity index (χ0n) is 11.7. The predicted molar refractivity (Wildman–Crippen MR) is 78.6 cm³/mol. The smallest absolute Gasteiger partial charge is 0.268 e. The summed E-state index contributed by atoms with van der Waals surface area (Å²) in [4.78, 5) is 15.5. The standard InChI is InChI=1S/C15H19N3O2/c1-9-15(2,5-6-20-9)18-14(19)13-8-10-7-11(16)3-4-12(10)17-13/h3-4,7-9,17H,5-6,16H2,1-2H3,(H,18,19). The normalized spacial score (nSPS) is 26.0. The number of carbonyl (C=O) groups excluding carboxylic acids is 1. The van der Waals surface area contributed by atoms with Crippen molar-refractivity contribution >= 4 is 22.5 Å². The molecule has 0 radical (unpaired) electrons. The lowest BCUT2D eigenvalue weighted by Crippen LogP contribution is -2.50. The van der Waals surface area contributed by atoms with E-state index in [2.05, 4.69) is 10.3 Å². The van der Waals surface area contributed by atoms with Gasteiger partial charge in [0.05, 0.1) is 11.6 Å². The van der Waals surface area contributed by atoms with E-state index in [1.54, 1.807) is 0 Å². The summed E-state index contributed by atoms with van der Waals surface area (Å²) >= 11 is 0. The molecule has 2 aromatic rings. The Morgan fingerprint density at radius 2 is 2.30 bits per heavy atom. The Hall–Kier alpha value is -2.01. The quantitative estimate of drug-likeness (QED) is 0.733. The van der Waals surface area contributed by atoms with Crippen molar-refractivity contribution in [2.45, 2.75) is 31.9 Å². The third kappa shape index (κ3) is 2.14. The Morgan fingerprint density at radius 3 is 3.00 bits per heavy atom. The summed E-state index contributed by atoms with van der Waals surface area (Å²) in [5.41, 5.74) is 7.58. The molecule has 1 saturated heterocycles. The van der Waals surface area contributed by atoms with Gasteiger partial charge < -0.3 is 20.8 Å². The number of anilines is 1. The van der Waals surface area contributed by atoms with Crippen LogP contribution in [0.25, 0.3) is 10.9 Å². The minimum absolute atomic E-state index is 0.0199. The number of aromatic amines is 1. The van der Waals surface area contributed by atoms with E-state index in [0.717, 1.165) is 17.3 Å². The molecule has 0 bridgehead atoms. The molecular weight excluding hydrogens is 254 g/mol. The lowest BCUT2D eigenvalue weighted by atomic mass is 9.94. The SMILES string of the molecule is CC1OCCC1(C)NC(=O)c1cc2cc(N)ccc2[nH]1. The number of nitrogen functional groups attached to an aromatic ring is 1. The van der Waals surface area contributed by atoms with Crippen LogP contribution in [0, 0.1) is 0 Å². The number of carbonyl (C=O) groups is 1. The first-order valence-electron chi connectivity index (χ1n) is 6.80. The number of fused-ring (bicyclic) bond motifs is 1. The number of nitrogens with one attached hydrogen (secondary N) is 2. The second-order valence-electron chi connectivity index (χ2n) is 5.66. The molecule has 0 saturated carbocycles. The molecule has 20 heavy (non-hydrogen) atoms. The predicted octanol–water partition coefficient (Wildman–Crippen LogP) is 2.05. The van der Waals surface area contributed by atoms with Crippen molar-refractivity contribution < 1.29 is 9.53 Å². The minimum Gasteiger partial charge on any atom is -0.399 e. The summed E-state index contributed by atoms with van der Waals surface area (Å²) in [5, 5.41) is 4.01. The van der Waals surface area contributed by atoms with E-state index in [9.17, 15) is 4.79 Å². The van der Waals surface area contributed by atoms with Crippen molar-refractivity contribution in [2.24, 2.45) is 0 Å². The highest BCUT2D eigenvalue weighted by atomic mass is 16.5. The Bertz CT molecular complexity index is 664. The fourth-order valence-corrected chi connectivity index (χ4v) is 2.60. The monoisotopic (exact) mass is 273 g/mol. The zero-order chi connectivity index (χ0) is 14.3. The Balaban J connectivity index is 1.85. The molecule has 4 N–H and O–H groups in total. The highest BCUT2D eigenvalue weighted by molar-refractivity contribution is 5.99. The number of nitrogens with two attached hydrogens (primary N) is 1. The van der Waals surface area contributed by atoms with E-state index in [4.69, 9.17) is 10.5 Å². The molecule has 3 rings (SSSR count). The first-order valence-corrected chi connectivity index (χ1v) is 6.80. The van der Waals surface area contributed by atoms with Crippen molar-refractivity contribution in [1.82, 2.24) is 10.3 Å². The van der Waals surface area contributed by atoms with Gasteiger partial charge in [-0.05, 0) is 44.5 Å². The Labute approximate surface area is 117 Å². The number of aromatic nitrogens is 1. The molecule has 2 atom stereocenters. The fourth-order valence-electron chi connectivity index (χ4n) is 2.60. The van der Waals surface area contributed by atoms with Crippen molar-refractivity contribution in [3.05, 3.63) is 30.0 Å². The molecule has 1 fully saturated rings. The largest absolute Gasteiger partial charge is 0.399 e. The van der Waals surface area contributed by atoms with Crippen LogP contribution in [0.15, 0.2) is 24.3 Å². The van der Waals surface area contributed by atoms with Gasteiger partial charge in [0, 0.05) is 23.2 Å². The van der Waals surface area contributed by atoms with Crippen LogP contribution in [-0.4, -0.2) is 29.1 Å². The number of hydrogen-bond donors (Lipinski definition) is 3. The Morgan fingerprint density at radius 1 is 1.50 bits per heavy atom. The molecule has 1 amide bonds. The van der Waals surface area contributed by atoms with Crippen LogP contribution in [0.3, 0.4) is 0 Å². The van der Waals surface area contributed by atoms with Crippen molar-refractivity contribution in [3.8, 4) is 0 Å². The van der Waals surface area contributed by atoms with Crippen LogP contribution in [-0.2, 0) is 4.74 Å². The number of ether oxygens (including phenoxy) is 1. The molecule has 1 aliphatic rings. The van der Waals surface area contributed by atoms with Gasteiger partial charge >= 0.3 is 0 Å². The van der Waals surface area contributed by atoms with E-state index < -0.39 is 0 Å². The first kappa shape index (κ1) is 13.0. The van der Waals surface area contributed by atoms with Crippen molar-refractivity contribution in [3.63, 3.8) is 0 Å². The number of H-pyrrole nitrogens is 1. The lowest BCUT2D eigenvalue weighted by molar-refractivity contribution is 0.0724. The average molecular weight is 273 g/mol. The maximum atomic E-state index is 12.4. The molecular formula is C15H19N3O2. The fraction of sp³-hybridized carbons (Fsp3) is 0.400. The van der Waals surface area contributed by atoms with Gasteiger partial charge in [-0.1, -0.05) is 0 Å². The molecule has 0 spiro atoms. The van der Waals surface area contributed by atoms with Crippen LogP contribution in [0.1, 0.15) is 30.8 Å². The van der Waals surface area contributed by atoms with Crippen molar-refractivity contribution in [1.29, 1.82) is 0 Å². The molecule has 2 unspecified atom stereocenters. The van der Waals surface area contributed by atoms with Gasteiger partial charge in [-0.15, -0.1) is 0 Å². The summed E-state index contributed by atoms with van der Waals surface area (Å²) in [7, 11) is 0. The van der Waals surface area contributed by atoms with E-state index in [1.807, 2.05) is 38.1 Å². The van der Waals surface area contributed by atoms with Crippen LogP contribution in [0.4, 0.5) is 5.69 Å². The van der Waals surface area contributed by atoms with Gasteiger partial charge in [0.25, 0.3) is 5.91 Å². The summed E-state index contributed by atoms with van der Waals surface area (Å²) in [6, 6.07) is 7.37. The highest BCUT2D eigenvalue weighted by Gasteiger charge is 2.38. The van der Waals surface area contributed by atoms with Gasteiger partial charge in [-0.25, -0.2) is 0 Å². The topological polar surface area (TPSA) is 80.1 Å². The summed E-state index contributed by atoms with van der Waals surface area (Å²) in [6.45, 7) is 4.68. The summed E-state index contributed by atoms with van der Waals surface area (Å²) < 4.78 is 5.54. The van der Waals surface area contributed by atoms with E-state index in [-0.39, 0.29) is 17.6 Å². The van der Waals surface area contributed by atoms with Gasteiger partial charge in [-0.3, -0.25) is 4.79 Å². The van der Waals surface area contributed by atoms with E-state index in [1.165, 1.54) is 0 Å². The van der Waals surface area contributed by atoms with Crippen LogP contribution in [0.2, 0.25) is 0 Å². The van der Waals surface area contributed by atoms with Crippen molar-refractivity contribution in [2.75, 3.05) is 12.3 Å². The third-order valence-corrected chi connectivity index (χ3v) is 4.18. The van der Waals surface area contributed by atoms with Gasteiger partial charge in [0.2, 0.25) is 0 Å². The van der Waals surface area contributed by atoms with E-state index >= 15 is 0 Å². The molecule has 0 aliphatic carbocycles. The molecule has 5 heteroatoms. The molecule has 106 valence electrons. The first-order chi connectivity index (χ1) is 9.48. The maximum absolute atomic E-state index is 12.4. The molecule has 1 aromatic heterocycles. The molecule has 1 aromatic carbocycles. The number of benzene rings is 1.